The molecule has 110 valence electrons. The van der Waals surface area contributed by atoms with Crippen molar-refractivity contribution in [2.45, 2.75) is 0 Å². The lowest BCUT2D eigenvalue weighted by Gasteiger charge is -2.11. The normalized spacial score (nSPS) is 10.1. The maximum Gasteiger partial charge on any atom is 0.417 e. The fraction of sp³-hybridized carbons (Fsp3) is 0.0714. The number of rotatable bonds is 3. The first-order valence-corrected chi connectivity index (χ1v) is 7.73. The van der Waals surface area contributed by atoms with Crippen LogP contribution < -0.4 is 14.8 Å². The van der Waals surface area contributed by atoms with E-state index >= 15 is 0 Å². The number of methoxy groups -OCH3 is 1. The molecule has 0 aromatic heterocycles. The summed E-state index contributed by atoms with van der Waals surface area (Å²) >= 11 is 12.5. The molecular formula is C14H10Br2ClNO3. The Morgan fingerprint density at radius 3 is 2.52 bits per heavy atom. The smallest absolute Gasteiger partial charge is 0.417 e. The van der Waals surface area contributed by atoms with E-state index < -0.39 is 6.09 Å². The van der Waals surface area contributed by atoms with Crippen molar-refractivity contribution in [3.05, 3.63) is 50.4 Å². The molecule has 2 aromatic carbocycles. The van der Waals surface area contributed by atoms with Crippen LogP contribution in [0.5, 0.6) is 11.5 Å². The van der Waals surface area contributed by atoms with Crippen molar-refractivity contribution in [3.8, 4) is 11.5 Å². The molecule has 2 aromatic rings. The maximum atomic E-state index is 11.9. The van der Waals surface area contributed by atoms with Crippen molar-refractivity contribution in [3.63, 3.8) is 0 Å². The highest BCUT2D eigenvalue weighted by Crippen LogP contribution is 2.30. The molecule has 2 rings (SSSR count). The Morgan fingerprint density at radius 1 is 1.14 bits per heavy atom. The molecule has 0 spiro atoms. The summed E-state index contributed by atoms with van der Waals surface area (Å²) in [5.74, 6) is 0.892. The molecule has 0 atom stereocenters. The Morgan fingerprint density at radius 2 is 1.86 bits per heavy atom. The molecule has 1 amide bonds. The molecule has 7 heteroatoms. The van der Waals surface area contributed by atoms with E-state index in [4.69, 9.17) is 21.1 Å². The van der Waals surface area contributed by atoms with Gasteiger partial charge in [-0.1, -0.05) is 27.5 Å². The molecule has 0 bridgehead atoms. The Labute approximate surface area is 143 Å². The lowest BCUT2D eigenvalue weighted by Crippen LogP contribution is -2.17. The van der Waals surface area contributed by atoms with E-state index in [1.54, 1.807) is 36.4 Å². The Balaban J connectivity index is 2.13. The van der Waals surface area contributed by atoms with Crippen molar-refractivity contribution >= 4 is 55.2 Å². The highest BCUT2D eigenvalue weighted by Gasteiger charge is 2.12. The summed E-state index contributed by atoms with van der Waals surface area (Å²) in [5, 5.41) is 3.07. The van der Waals surface area contributed by atoms with Gasteiger partial charge in [0.1, 0.15) is 11.5 Å². The number of nitrogens with one attached hydrogen (secondary N) is 1. The molecule has 1 N–H and O–H groups in total. The van der Waals surface area contributed by atoms with Crippen LogP contribution in [0.3, 0.4) is 0 Å². The van der Waals surface area contributed by atoms with Crippen molar-refractivity contribution in [1.29, 1.82) is 0 Å². The summed E-state index contributed by atoms with van der Waals surface area (Å²) in [6.45, 7) is 0. The summed E-state index contributed by atoms with van der Waals surface area (Å²) in [6, 6.07) is 10.1. The van der Waals surface area contributed by atoms with Gasteiger partial charge in [-0.3, -0.25) is 5.32 Å². The summed E-state index contributed by atoms with van der Waals surface area (Å²) in [4.78, 5) is 11.9. The Kier molecular flexibility index (Phi) is 5.50. The van der Waals surface area contributed by atoms with Crippen LogP contribution in [0.2, 0.25) is 5.02 Å². The van der Waals surface area contributed by atoms with Gasteiger partial charge >= 0.3 is 6.09 Å². The van der Waals surface area contributed by atoms with Crippen LogP contribution in [0.25, 0.3) is 0 Å². The number of hydrogen-bond acceptors (Lipinski definition) is 3. The van der Waals surface area contributed by atoms with Gasteiger partial charge in [-0.15, -0.1) is 0 Å². The van der Waals surface area contributed by atoms with Crippen LogP contribution in [-0.4, -0.2) is 13.2 Å². The average molecular weight is 435 g/mol. The second-order valence-electron chi connectivity index (χ2n) is 3.93. The van der Waals surface area contributed by atoms with Gasteiger partial charge in [0.25, 0.3) is 0 Å². The number of carbonyl (C=O) groups is 1. The van der Waals surface area contributed by atoms with Gasteiger partial charge < -0.3 is 9.47 Å². The summed E-state index contributed by atoms with van der Waals surface area (Å²) < 4.78 is 11.9. The standard InChI is InChI=1S/C14H10Br2ClNO3/c1-20-13-5-3-9(17)7-11(13)18-14(19)21-12-4-2-8(15)6-10(12)16/h2-7H,1H3,(H,18,19). The van der Waals surface area contributed by atoms with Crippen LogP contribution in [0.15, 0.2) is 45.3 Å². The topological polar surface area (TPSA) is 47.6 Å². The lowest BCUT2D eigenvalue weighted by atomic mass is 10.3. The molecule has 0 radical (unpaired) electrons. The first kappa shape index (κ1) is 16.1. The summed E-state index contributed by atoms with van der Waals surface area (Å²) in [6.07, 6.45) is -0.640. The zero-order valence-electron chi connectivity index (χ0n) is 10.8. The van der Waals surface area contributed by atoms with Crippen LogP contribution in [0.1, 0.15) is 0 Å². The third-order valence-electron chi connectivity index (χ3n) is 2.49. The van der Waals surface area contributed by atoms with Gasteiger partial charge in [-0.05, 0) is 52.3 Å². The second kappa shape index (κ2) is 7.15. The minimum Gasteiger partial charge on any atom is -0.495 e. The Bertz CT molecular complexity index is 679. The minimum absolute atomic E-state index is 0.400. The van der Waals surface area contributed by atoms with E-state index in [9.17, 15) is 4.79 Å². The predicted octanol–water partition coefficient (Wildman–Crippen LogP) is 5.48. The molecule has 0 heterocycles. The number of anilines is 1. The van der Waals surface area contributed by atoms with Crippen molar-refractivity contribution in [2.75, 3.05) is 12.4 Å². The van der Waals surface area contributed by atoms with Gasteiger partial charge in [0.2, 0.25) is 0 Å². The van der Waals surface area contributed by atoms with E-state index in [0.29, 0.717) is 26.7 Å². The van der Waals surface area contributed by atoms with Crippen LogP contribution >= 0.6 is 43.5 Å². The lowest BCUT2D eigenvalue weighted by molar-refractivity contribution is 0.214. The van der Waals surface area contributed by atoms with Crippen molar-refractivity contribution in [2.24, 2.45) is 0 Å². The summed E-state index contributed by atoms with van der Waals surface area (Å²) in [7, 11) is 1.51. The fourth-order valence-corrected chi connectivity index (χ4v) is 2.87. The number of halogens is 3. The molecule has 0 saturated heterocycles. The van der Waals surface area contributed by atoms with E-state index in [-0.39, 0.29) is 0 Å². The zero-order valence-corrected chi connectivity index (χ0v) is 14.8. The fourth-order valence-electron chi connectivity index (χ4n) is 1.57. The van der Waals surface area contributed by atoms with Crippen LogP contribution in [0, 0.1) is 0 Å². The van der Waals surface area contributed by atoms with E-state index in [1.165, 1.54) is 7.11 Å². The zero-order chi connectivity index (χ0) is 15.4. The maximum absolute atomic E-state index is 11.9. The number of amides is 1. The first-order valence-electron chi connectivity index (χ1n) is 5.77. The van der Waals surface area contributed by atoms with Crippen molar-refractivity contribution in [1.82, 2.24) is 0 Å². The van der Waals surface area contributed by atoms with Gasteiger partial charge in [0, 0.05) is 9.50 Å². The minimum atomic E-state index is -0.640. The molecule has 0 aliphatic rings. The third kappa shape index (κ3) is 4.36. The molecule has 0 unspecified atom stereocenters. The molecule has 0 aliphatic carbocycles. The number of carbonyl (C=O) groups excluding carboxylic acids is 1. The van der Waals surface area contributed by atoms with E-state index in [1.807, 2.05) is 0 Å². The largest absolute Gasteiger partial charge is 0.495 e. The van der Waals surface area contributed by atoms with E-state index in [2.05, 4.69) is 37.2 Å². The average Bonchev–Trinajstić information content (AvgIpc) is 2.42. The van der Waals surface area contributed by atoms with Crippen LogP contribution in [-0.2, 0) is 0 Å². The third-order valence-corrected chi connectivity index (χ3v) is 3.84. The predicted molar refractivity (Wildman–Crippen MR) is 89.5 cm³/mol. The molecule has 0 saturated carbocycles. The molecule has 0 fully saturated rings. The quantitative estimate of drug-likeness (QED) is 0.694. The molecular weight excluding hydrogens is 425 g/mol. The van der Waals surface area contributed by atoms with Gasteiger partial charge in [-0.2, -0.15) is 0 Å². The van der Waals surface area contributed by atoms with Crippen molar-refractivity contribution < 1.29 is 14.3 Å². The Hall–Kier alpha value is -1.24. The second-order valence-corrected chi connectivity index (χ2v) is 6.14. The SMILES string of the molecule is COc1ccc(Cl)cc1NC(=O)Oc1ccc(Br)cc1Br. The highest BCUT2D eigenvalue weighted by atomic mass is 79.9. The first-order chi connectivity index (χ1) is 9.99. The molecule has 0 aliphatic heterocycles. The number of benzene rings is 2. The van der Waals surface area contributed by atoms with Gasteiger partial charge in [0.15, 0.2) is 0 Å². The monoisotopic (exact) mass is 433 g/mol. The van der Waals surface area contributed by atoms with Gasteiger partial charge in [-0.25, -0.2) is 4.79 Å². The van der Waals surface area contributed by atoms with E-state index in [0.717, 1.165) is 4.47 Å². The van der Waals surface area contributed by atoms with Crippen LogP contribution in [0.4, 0.5) is 10.5 Å². The number of hydrogen-bond donors (Lipinski definition) is 1. The van der Waals surface area contributed by atoms with Gasteiger partial charge in [0.05, 0.1) is 17.3 Å². The number of ether oxygens (including phenoxy) is 2. The summed E-state index contributed by atoms with van der Waals surface area (Å²) in [5.41, 5.74) is 0.434. The molecule has 21 heavy (non-hydrogen) atoms. The molecule has 4 nitrogen and oxygen atoms in total. The highest BCUT2D eigenvalue weighted by molar-refractivity contribution is 9.11.